The number of nitrogens with one attached hydrogen (secondary N) is 2. The molecule has 138 valence electrons. The first kappa shape index (κ1) is 18.2. The summed E-state index contributed by atoms with van der Waals surface area (Å²) in [5.74, 6) is 0.494. The number of rotatable bonds is 5. The molecule has 0 aliphatic carbocycles. The molecule has 1 saturated heterocycles. The zero-order chi connectivity index (χ0) is 18.5. The highest BCUT2D eigenvalue weighted by Crippen LogP contribution is 2.28. The minimum atomic E-state index is -0.520. The van der Waals surface area contributed by atoms with Crippen molar-refractivity contribution in [2.75, 3.05) is 30.8 Å². The minimum Gasteiger partial charge on any atom is -0.341 e. The molecule has 1 aromatic carbocycles. The molecule has 0 atom stereocenters. The molecule has 0 unspecified atom stereocenters. The van der Waals surface area contributed by atoms with E-state index in [2.05, 4.69) is 25.7 Å². The number of carbonyl (C=O) groups is 2. The van der Waals surface area contributed by atoms with Crippen molar-refractivity contribution in [2.24, 2.45) is 0 Å². The Bertz CT molecular complexity index is 783. The minimum absolute atomic E-state index is 0.0808. The summed E-state index contributed by atoms with van der Waals surface area (Å²) in [6.45, 7) is 3.94. The SMILES string of the molecule is CNC(=O)NC(=O)CSc1nnc(N2CCCC2)n1-c1ccc(C)cc1. The van der Waals surface area contributed by atoms with Gasteiger partial charge in [0.25, 0.3) is 0 Å². The summed E-state index contributed by atoms with van der Waals surface area (Å²) < 4.78 is 1.97. The topological polar surface area (TPSA) is 92.2 Å². The number of thioether (sulfide) groups is 1. The van der Waals surface area contributed by atoms with E-state index in [0.717, 1.165) is 37.6 Å². The maximum absolute atomic E-state index is 11.9. The lowest BCUT2D eigenvalue weighted by molar-refractivity contribution is -0.117. The summed E-state index contributed by atoms with van der Waals surface area (Å²) in [5.41, 5.74) is 2.13. The van der Waals surface area contributed by atoms with Crippen LogP contribution >= 0.6 is 11.8 Å². The molecule has 8 nitrogen and oxygen atoms in total. The number of nitrogens with zero attached hydrogens (tertiary/aromatic N) is 4. The van der Waals surface area contributed by atoms with Crippen LogP contribution < -0.4 is 15.5 Å². The molecular formula is C17H22N6O2S. The first-order chi connectivity index (χ1) is 12.6. The van der Waals surface area contributed by atoms with E-state index in [1.54, 1.807) is 0 Å². The van der Waals surface area contributed by atoms with Gasteiger partial charge < -0.3 is 10.2 Å². The second-order valence-electron chi connectivity index (χ2n) is 6.06. The molecule has 9 heteroatoms. The fourth-order valence-electron chi connectivity index (χ4n) is 2.75. The number of anilines is 1. The Balaban J connectivity index is 1.84. The summed E-state index contributed by atoms with van der Waals surface area (Å²) in [6, 6.07) is 7.60. The van der Waals surface area contributed by atoms with E-state index in [-0.39, 0.29) is 11.7 Å². The number of aryl methyl sites for hydroxylation is 1. The molecule has 2 heterocycles. The zero-order valence-corrected chi connectivity index (χ0v) is 15.7. The van der Waals surface area contributed by atoms with Crippen LogP contribution in [0.2, 0.25) is 0 Å². The van der Waals surface area contributed by atoms with Gasteiger partial charge in [-0.2, -0.15) is 0 Å². The zero-order valence-electron chi connectivity index (χ0n) is 14.9. The maximum Gasteiger partial charge on any atom is 0.321 e. The van der Waals surface area contributed by atoms with Crippen LogP contribution in [0.15, 0.2) is 29.4 Å². The number of benzene rings is 1. The third kappa shape index (κ3) is 4.16. The van der Waals surface area contributed by atoms with Crippen LogP contribution in [0.4, 0.5) is 10.7 Å². The van der Waals surface area contributed by atoms with Crippen molar-refractivity contribution >= 4 is 29.6 Å². The summed E-state index contributed by atoms with van der Waals surface area (Å²) in [7, 11) is 1.46. The molecule has 0 spiro atoms. The lowest BCUT2D eigenvalue weighted by atomic mass is 10.2. The van der Waals surface area contributed by atoms with Crippen LogP contribution in [0.25, 0.3) is 5.69 Å². The highest BCUT2D eigenvalue weighted by molar-refractivity contribution is 7.99. The Morgan fingerprint density at radius 2 is 1.85 bits per heavy atom. The van der Waals surface area contributed by atoms with Gasteiger partial charge in [0.05, 0.1) is 11.4 Å². The smallest absolute Gasteiger partial charge is 0.321 e. The van der Waals surface area contributed by atoms with E-state index in [9.17, 15) is 9.59 Å². The van der Waals surface area contributed by atoms with Gasteiger partial charge in [-0.05, 0) is 31.9 Å². The van der Waals surface area contributed by atoms with E-state index in [0.29, 0.717) is 5.16 Å². The van der Waals surface area contributed by atoms with Gasteiger partial charge >= 0.3 is 6.03 Å². The number of hydrogen-bond donors (Lipinski definition) is 2. The summed E-state index contributed by atoms with van der Waals surface area (Å²) in [6.07, 6.45) is 2.27. The van der Waals surface area contributed by atoms with Gasteiger partial charge in [-0.25, -0.2) is 4.79 Å². The van der Waals surface area contributed by atoms with Crippen molar-refractivity contribution in [2.45, 2.75) is 24.9 Å². The Hall–Kier alpha value is -2.55. The lowest BCUT2D eigenvalue weighted by Crippen LogP contribution is -2.38. The van der Waals surface area contributed by atoms with Crippen molar-refractivity contribution in [1.29, 1.82) is 0 Å². The first-order valence-electron chi connectivity index (χ1n) is 8.50. The highest BCUT2D eigenvalue weighted by atomic mass is 32.2. The van der Waals surface area contributed by atoms with Gasteiger partial charge in [-0.3, -0.25) is 14.7 Å². The predicted octanol–water partition coefficient (Wildman–Crippen LogP) is 1.72. The molecule has 3 amide bonds. The van der Waals surface area contributed by atoms with Gasteiger partial charge in [0.1, 0.15) is 0 Å². The van der Waals surface area contributed by atoms with Crippen LogP contribution in [0.5, 0.6) is 0 Å². The number of hydrogen-bond acceptors (Lipinski definition) is 6. The Morgan fingerprint density at radius 3 is 2.50 bits per heavy atom. The van der Waals surface area contributed by atoms with Crippen LogP contribution in [-0.2, 0) is 4.79 Å². The van der Waals surface area contributed by atoms with E-state index in [1.165, 1.54) is 24.4 Å². The van der Waals surface area contributed by atoms with Gasteiger partial charge in [-0.1, -0.05) is 29.5 Å². The van der Waals surface area contributed by atoms with E-state index >= 15 is 0 Å². The second kappa shape index (κ2) is 8.22. The van der Waals surface area contributed by atoms with Crippen LogP contribution in [0.1, 0.15) is 18.4 Å². The van der Waals surface area contributed by atoms with E-state index < -0.39 is 6.03 Å². The first-order valence-corrected chi connectivity index (χ1v) is 9.49. The number of imide groups is 1. The molecule has 1 fully saturated rings. The highest BCUT2D eigenvalue weighted by Gasteiger charge is 2.23. The van der Waals surface area contributed by atoms with Gasteiger partial charge in [-0.15, -0.1) is 10.2 Å². The van der Waals surface area contributed by atoms with Gasteiger partial charge in [0.15, 0.2) is 5.16 Å². The van der Waals surface area contributed by atoms with Crippen molar-refractivity contribution < 1.29 is 9.59 Å². The fraction of sp³-hybridized carbons (Fsp3) is 0.412. The molecule has 2 aromatic rings. The fourth-order valence-corrected chi connectivity index (χ4v) is 3.50. The summed E-state index contributed by atoms with van der Waals surface area (Å²) >= 11 is 1.26. The third-order valence-corrected chi connectivity index (χ3v) is 5.04. The molecule has 0 bridgehead atoms. The monoisotopic (exact) mass is 374 g/mol. The quantitative estimate of drug-likeness (QED) is 0.775. The average molecular weight is 374 g/mol. The van der Waals surface area contributed by atoms with Crippen molar-refractivity contribution in [1.82, 2.24) is 25.4 Å². The molecule has 2 N–H and O–H groups in total. The Morgan fingerprint density at radius 1 is 1.15 bits per heavy atom. The summed E-state index contributed by atoms with van der Waals surface area (Å²) in [5, 5.41) is 13.9. The Labute approximate surface area is 156 Å². The second-order valence-corrected chi connectivity index (χ2v) is 7.01. The molecular weight excluding hydrogens is 352 g/mol. The lowest BCUT2D eigenvalue weighted by Gasteiger charge is -2.18. The predicted molar refractivity (Wildman–Crippen MR) is 101 cm³/mol. The van der Waals surface area contributed by atoms with E-state index in [4.69, 9.17) is 0 Å². The normalized spacial score (nSPS) is 13.7. The average Bonchev–Trinajstić information content (AvgIpc) is 3.30. The van der Waals surface area contributed by atoms with Gasteiger partial charge in [0, 0.05) is 20.1 Å². The van der Waals surface area contributed by atoms with Crippen LogP contribution in [-0.4, -0.2) is 52.6 Å². The van der Waals surface area contributed by atoms with E-state index in [1.807, 2.05) is 35.8 Å². The number of urea groups is 1. The largest absolute Gasteiger partial charge is 0.341 e. The summed E-state index contributed by atoms with van der Waals surface area (Å²) in [4.78, 5) is 25.3. The van der Waals surface area contributed by atoms with Crippen molar-refractivity contribution in [3.8, 4) is 5.69 Å². The number of carbonyl (C=O) groups excluding carboxylic acids is 2. The molecule has 1 aliphatic rings. The molecule has 1 aliphatic heterocycles. The molecule has 1 aromatic heterocycles. The van der Waals surface area contributed by atoms with Gasteiger partial charge in [0.2, 0.25) is 11.9 Å². The third-order valence-electron chi connectivity index (χ3n) is 4.11. The molecule has 0 saturated carbocycles. The molecule has 0 radical (unpaired) electrons. The van der Waals surface area contributed by atoms with Crippen molar-refractivity contribution in [3.05, 3.63) is 29.8 Å². The standard InChI is InChI=1S/C17H22N6O2S/c1-12-5-7-13(8-6-12)23-16(22-9-3-4-10-22)20-21-17(23)26-11-14(24)19-15(25)18-2/h5-8H,3-4,9-11H2,1-2H3,(H2,18,19,24,25). The molecule has 3 rings (SSSR count). The van der Waals surface area contributed by atoms with Crippen LogP contribution in [0.3, 0.4) is 0 Å². The Kier molecular flexibility index (Phi) is 5.77. The molecule has 26 heavy (non-hydrogen) atoms. The number of amides is 3. The van der Waals surface area contributed by atoms with Crippen molar-refractivity contribution in [3.63, 3.8) is 0 Å². The van der Waals surface area contributed by atoms with Crippen LogP contribution in [0, 0.1) is 6.92 Å². The maximum atomic E-state index is 11.9. The number of aromatic nitrogens is 3.